The van der Waals surface area contributed by atoms with Crippen molar-refractivity contribution < 1.29 is 14.4 Å². The molecule has 90 valence electrons. The molecule has 1 aromatic rings. The van der Waals surface area contributed by atoms with E-state index >= 15 is 0 Å². The third-order valence-electron chi connectivity index (χ3n) is 2.09. The van der Waals surface area contributed by atoms with E-state index in [-0.39, 0.29) is 6.54 Å². The Morgan fingerprint density at radius 1 is 1.50 bits per heavy atom. The second-order valence-corrected chi connectivity index (χ2v) is 3.89. The average Bonchev–Trinajstić information content (AvgIpc) is 2.66. The molecule has 1 rings (SSSR count). The smallest absolute Gasteiger partial charge is 0.317 e. The van der Waals surface area contributed by atoms with Crippen LogP contribution in [0.3, 0.4) is 0 Å². The van der Waals surface area contributed by atoms with Crippen molar-refractivity contribution in [2.24, 2.45) is 0 Å². The highest BCUT2D eigenvalue weighted by atomic mass is 16.5. The van der Waals surface area contributed by atoms with Crippen molar-refractivity contribution in [3.05, 3.63) is 18.0 Å². The largest absolute Gasteiger partial charge is 0.480 e. The minimum atomic E-state index is -0.835. The van der Waals surface area contributed by atoms with Crippen LogP contribution in [-0.2, 0) is 11.3 Å². The molecule has 0 aliphatic heterocycles. The first-order chi connectivity index (χ1) is 7.58. The third kappa shape index (κ3) is 4.90. The van der Waals surface area contributed by atoms with Crippen molar-refractivity contribution in [3.63, 3.8) is 0 Å². The fourth-order valence-electron chi connectivity index (χ4n) is 1.29. The second-order valence-electron chi connectivity index (χ2n) is 3.89. The number of carboxylic acid groups (broad SMARTS) is 1. The van der Waals surface area contributed by atoms with Gasteiger partial charge in [-0.05, 0) is 14.1 Å². The van der Waals surface area contributed by atoms with Crippen molar-refractivity contribution in [2.75, 3.05) is 33.7 Å². The maximum Gasteiger partial charge on any atom is 0.317 e. The van der Waals surface area contributed by atoms with Crippen LogP contribution < -0.4 is 0 Å². The first-order valence-corrected chi connectivity index (χ1v) is 5.06. The summed E-state index contributed by atoms with van der Waals surface area (Å²) < 4.78 is 4.95. The van der Waals surface area contributed by atoms with Gasteiger partial charge in [0.25, 0.3) is 0 Å². The van der Waals surface area contributed by atoms with Gasteiger partial charge in [-0.25, -0.2) is 0 Å². The normalized spacial score (nSPS) is 11.2. The molecule has 0 amide bonds. The molecule has 0 saturated heterocycles. The van der Waals surface area contributed by atoms with Crippen LogP contribution in [0.5, 0.6) is 0 Å². The average molecular weight is 227 g/mol. The monoisotopic (exact) mass is 227 g/mol. The molecule has 0 atom stereocenters. The zero-order valence-corrected chi connectivity index (χ0v) is 9.59. The Balaban J connectivity index is 2.46. The molecule has 0 aliphatic rings. The highest BCUT2D eigenvalue weighted by molar-refractivity contribution is 5.69. The predicted octanol–water partition coefficient (Wildman–Crippen LogP) is 0.123. The number of hydrogen-bond acceptors (Lipinski definition) is 5. The molecule has 0 spiro atoms. The Hall–Kier alpha value is -1.40. The molecular formula is C10H17N3O3. The van der Waals surface area contributed by atoms with Gasteiger partial charge in [0.05, 0.1) is 19.3 Å². The van der Waals surface area contributed by atoms with Gasteiger partial charge in [-0.15, -0.1) is 0 Å². The quantitative estimate of drug-likeness (QED) is 0.713. The van der Waals surface area contributed by atoms with Crippen LogP contribution in [0.2, 0.25) is 0 Å². The van der Waals surface area contributed by atoms with E-state index in [1.165, 1.54) is 0 Å². The molecule has 0 aromatic carbocycles. The molecular weight excluding hydrogens is 210 g/mol. The van der Waals surface area contributed by atoms with Gasteiger partial charge in [-0.1, -0.05) is 5.16 Å². The predicted molar refractivity (Wildman–Crippen MR) is 58.0 cm³/mol. The van der Waals surface area contributed by atoms with E-state index in [1.54, 1.807) is 12.3 Å². The van der Waals surface area contributed by atoms with Crippen LogP contribution in [0.25, 0.3) is 0 Å². The van der Waals surface area contributed by atoms with Crippen molar-refractivity contribution in [1.82, 2.24) is 15.0 Å². The Morgan fingerprint density at radius 2 is 2.25 bits per heavy atom. The minimum absolute atomic E-state index is 0.00847. The highest BCUT2D eigenvalue weighted by Gasteiger charge is 2.12. The van der Waals surface area contributed by atoms with Gasteiger partial charge >= 0.3 is 5.97 Å². The summed E-state index contributed by atoms with van der Waals surface area (Å²) in [6.45, 7) is 1.97. The van der Waals surface area contributed by atoms with E-state index in [2.05, 4.69) is 5.16 Å². The van der Waals surface area contributed by atoms with Gasteiger partial charge in [-0.3, -0.25) is 9.69 Å². The number of nitrogens with zero attached hydrogens (tertiary/aromatic N) is 3. The molecule has 0 bridgehead atoms. The summed E-state index contributed by atoms with van der Waals surface area (Å²) in [5.41, 5.74) is 0. The molecule has 0 unspecified atom stereocenters. The summed E-state index contributed by atoms with van der Waals surface area (Å²) in [6, 6.07) is 1.74. The Bertz CT molecular complexity index is 311. The molecule has 1 aromatic heterocycles. The van der Waals surface area contributed by atoms with E-state index in [4.69, 9.17) is 9.63 Å². The van der Waals surface area contributed by atoms with E-state index in [9.17, 15) is 4.79 Å². The number of carbonyl (C=O) groups is 1. The van der Waals surface area contributed by atoms with Crippen LogP contribution in [0.4, 0.5) is 0 Å². The summed E-state index contributed by atoms with van der Waals surface area (Å²) in [5, 5.41) is 12.4. The lowest BCUT2D eigenvalue weighted by Crippen LogP contribution is -2.35. The van der Waals surface area contributed by atoms with Crippen LogP contribution >= 0.6 is 0 Å². The first kappa shape index (κ1) is 12.7. The Kier molecular flexibility index (Phi) is 4.94. The van der Waals surface area contributed by atoms with E-state index in [1.807, 2.05) is 23.9 Å². The maximum absolute atomic E-state index is 10.7. The molecule has 0 fully saturated rings. The van der Waals surface area contributed by atoms with Gasteiger partial charge in [0, 0.05) is 19.2 Å². The maximum atomic E-state index is 10.7. The van der Waals surface area contributed by atoms with Crippen LogP contribution in [0, 0.1) is 0 Å². The summed E-state index contributed by atoms with van der Waals surface area (Å²) in [6.07, 6.45) is 1.56. The number of rotatable bonds is 7. The summed E-state index contributed by atoms with van der Waals surface area (Å²) in [4.78, 5) is 14.5. The molecule has 6 nitrogen and oxygen atoms in total. The lowest BCUT2D eigenvalue weighted by molar-refractivity contribution is -0.138. The summed E-state index contributed by atoms with van der Waals surface area (Å²) >= 11 is 0. The van der Waals surface area contributed by atoms with Gasteiger partial charge in [-0.2, -0.15) is 0 Å². The van der Waals surface area contributed by atoms with Crippen molar-refractivity contribution in [1.29, 1.82) is 0 Å². The summed E-state index contributed by atoms with van der Waals surface area (Å²) in [7, 11) is 3.90. The Labute approximate surface area is 94.4 Å². The van der Waals surface area contributed by atoms with Crippen molar-refractivity contribution >= 4 is 5.97 Å². The van der Waals surface area contributed by atoms with Crippen LogP contribution in [-0.4, -0.2) is 59.8 Å². The number of carboxylic acids is 1. The van der Waals surface area contributed by atoms with Gasteiger partial charge < -0.3 is 14.5 Å². The van der Waals surface area contributed by atoms with Gasteiger partial charge in [0.15, 0.2) is 5.76 Å². The lowest BCUT2D eigenvalue weighted by atomic mass is 10.3. The minimum Gasteiger partial charge on any atom is -0.480 e. The fraction of sp³-hybridized carbons (Fsp3) is 0.600. The van der Waals surface area contributed by atoms with E-state index in [0.29, 0.717) is 18.8 Å². The fourth-order valence-corrected chi connectivity index (χ4v) is 1.29. The topological polar surface area (TPSA) is 69.8 Å². The van der Waals surface area contributed by atoms with Gasteiger partial charge in [0.1, 0.15) is 0 Å². The number of aromatic nitrogens is 1. The van der Waals surface area contributed by atoms with Crippen LogP contribution in [0.15, 0.2) is 16.8 Å². The molecule has 0 saturated carbocycles. The zero-order chi connectivity index (χ0) is 12.0. The lowest BCUT2D eigenvalue weighted by Gasteiger charge is -2.20. The number of hydrogen-bond donors (Lipinski definition) is 1. The van der Waals surface area contributed by atoms with Gasteiger partial charge in [0.2, 0.25) is 0 Å². The van der Waals surface area contributed by atoms with Crippen molar-refractivity contribution in [2.45, 2.75) is 6.54 Å². The second kappa shape index (κ2) is 6.24. The van der Waals surface area contributed by atoms with Crippen LogP contribution in [0.1, 0.15) is 5.76 Å². The van der Waals surface area contributed by atoms with Crippen molar-refractivity contribution in [3.8, 4) is 0 Å². The van der Waals surface area contributed by atoms with E-state index in [0.717, 1.165) is 6.54 Å². The first-order valence-electron chi connectivity index (χ1n) is 5.06. The van der Waals surface area contributed by atoms with E-state index < -0.39 is 5.97 Å². The highest BCUT2D eigenvalue weighted by Crippen LogP contribution is 2.03. The Morgan fingerprint density at radius 3 is 2.75 bits per heavy atom. The molecule has 1 N–H and O–H groups in total. The molecule has 16 heavy (non-hydrogen) atoms. The molecule has 0 aliphatic carbocycles. The molecule has 0 radical (unpaired) electrons. The number of aliphatic carboxylic acids is 1. The zero-order valence-electron chi connectivity index (χ0n) is 9.59. The SMILES string of the molecule is CN(C)CCN(CC(=O)O)Cc1ccno1. The third-order valence-corrected chi connectivity index (χ3v) is 2.09. The summed E-state index contributed by atoms with van der Waals surface area (Å²) in [5.74, 6) is -0.154. The standard InChI is InChI=1S/C10H17N3O3/c1-12(2)5-6-13(8-10(14)15)7-9-3-4-11-16-9/h3-4H,5-8H2,1-2H3,(H,14,15). The number of likely N-dealkylation sites (N-methyl/N-ethyl adjacent to an activating group) is 1. The molecule has 6 heteroatoms. The molecule has 1 heterocycles.